The van der Waals surface area contributed by atoms with Crippen molar-refractivity contribution < 1.29 is 14.3 Å². The molecule has 32 heavy (non-hydrogen) atoms. The lowest BCUT2D eigenvalue weighted by molar-refractivity contribution is -0.119. The summed E-state index contributed by atoms with van der Waals surface area (Å²) in [7, 11) is 5.56. The number of anilines is 1. The SMILES string of the molecule is COc1ccc(NC(=O)[C@@H]2C[C@H](C3CCN(Cc4ccccc4OC)CC3)N(C)C2)cc1. The van der Waals surface area contributed by atoms with Crippen LogP contribution < -0.4 is 14.8 Å². The molecule has 1 N–H and O–H groups in total. The molecule has 2 aliphatic rings. The van der Waals surface area contributed by atoms with Crippen molar-refractivity contribution in [1.29, 1.82) is 0 Å². The van der Waals surface area contributed by atoms with Gasteiger partial charge in [-0.25, -0.2) is 0 Å². The van der Waals surface area contributed by atoms with Crippen molar-refractivity contribution in [2.24, 2.45) is 11.8 Å². The first kappa shape index (κ1) is 22.6. The van der Waals surface area contributed by atoms with Crippen LogP contribution in [0.3, 0.4) is 0 Å². The normalized spacial score (nSPS) is 22.6. The molecule has 2 aliphatic heterocycles. The molecule has 0 unspecified atom stereocenters. The Hall–Kier alpha value is -2.57. The predicted molar refractivity (Wildman–Crippen MR) is 127 cm³/mol. The molecule has 0 bridgehead atoms. The minimum absolute atomic E-state index is 0.0405. The molecule has 2 atom stereocenters. The number of nitrogens with one attached hydrogen (secondary N) is 1. The zero-order chi connectivity index (χ0) is 22.5. The van der Waals surface area contributed by atoms with Crippen LogP contribution in [0.4, 0.5) is 5.69 Å². The molecule has 0 saturated carbocycles. The lowest BCUT2D eigenvalue weighted by Gasteiger charge is -2.37. The fourth-order valence-electron chi connectivity index (χ4n) is 5.26. The smallest absolute Gasteiger partial charge is 0.228 e. The van der Waals surface area contributed by atoms with E-state index in [0.717, 1.165) is 49.8 Å². The number of benzene rings is 2. The van der Waals surface area contributed by atoms with Gasteiger partial charge >= 0.3 is 0 Å². The third-order valence-corrected chi connectivity index (χ3v) is 7.09. The summed E-state index contributed by atoms with van der Waals surface area (Å²) in [6.07, 6.45) is 3.30. The van der Waals surface area contributed by atoms with Crippen LogP contribution in [0, 0.1) is 11.8 Å². The molecule has 0 aliphatic carbocycles. The molecule has 172 valence electrons. The summed E-state index contributed by atoms with van der Waals surface area (Å²) in [6.45, 7) is 3.95. The van der Waals surface area contributed by atoms with E-state index in [1.165, 1.54) is 18.4 Å². The van der Waals surface area contributed by atoms with Gasteiger partial charge in [0.25, 0.3) is 0 Å². The van der Waals surface area contributed by atoms with Gasteiger partial charge in [-0.05, 0) is 75.6 Å². The van der Waals surface area contributed by atoms with Crippen molar-refractivity contribution in [1.82, 2.24) is 9.80 Å². The van der Waals surface area contributed by atoms with Crippen LogP contribution in [-0.2, 0) is 11.3 Å². The molecule has 0 aromatic heterocycles. The van der Waals surface area contributed by atoms with Gasteiger partial charge in [-0.2, -0.15) is 0 Å². The fourth-order valence-corrected chi connectivity index (χ4v) is 5.26. The molecule has 6 nitrogen and oxygen atoms in total. The van der Waals surface area contributed by atoms with E-state index in [9.17, 15) is 4.79 Å². The Labute approximate surface area is 191 Å². The highest BCUT2D eigenvalue weighted by Gasteiger charge is 2.39. The third-order valence-electron chi connectivity index (χ3n) is 7.09. The molecule has 6 heteroatoms. The Bertz CT molecular complexity index is 893. The number of methoxy groups -OCH3 is 2. The van der Waals surface area contributed by atoms with Gasteiger partial charge in [-0.15, -0.1) is 0 Å². The van der Waals surface area contributed by atoms with Crippen LogP contribution in [-0.4, -0.2) is 62.7 Å². The number of para-hydroxylation sites is 1. The maximum atomic E-state index is 12.9. The molecule has 2 aromatic rings. The van der Waals surface area contributed by atoms with Gasteiger partial charge in [0.15, 0.2) is 0 Å². The number of carbonyl (C=O) groups is 1. The van der Waals surface area contributed by atoms with Crippen LogP contribution in [0.5, 0.6) is 11.5 Å². The Kier molecular flexibility index (Phi) is 7.33. The van der Waals surface area contributed by atoms with E-state index in [4.69, 9.17) is 9.47 Å². The van der Waals surface area contributed by atoms with E-state index in [2.05, 4.69) is 34.3 Å². The summed E-state index contributed by atoms with van der Waals surface area (Å²) >= 11 is 0. The number of rotatable bonds is 7. The summed E-state index contributed by atoms with van der Waals surface area (Å²) in [5.41, 5.74) is 2.08. The number of ether oxygens (including phenoxy) is 2. The van der Waals surface area contributed by atoms with Gasteiger partial charge in [-0.1, -0.05) is 18.2 Å². The number of carbonyl (C=O) groups excluding carboxylic acids is 1. The highest BCUT2D eigenvalue weighted by molar-refractivity contribution is 5.93. The van der Waals surface area contributed by atoms with Gasteiger partial charge < -0.3 is 19.7 Å². The number of piperidine rings is 1. The van der Waals surface area contributed by atoms with Crippen molar-refractivity contribution >= 4 is 11.6 Å². The van der Waals surface area contributed by atoms with E-state index >= 15 is 0 Å². The molecule has 1 amide bonds. The number of amides is 1. The lowest BCUT2D eigenvalue weighted by Crippen LogP contribution is -2.41. The number of hydrogen-bond acceptors (Lipinski definition) is 5. The average Bonchev–Trinajstić information content (AvgIpc) is 3.22. The first-order chi connectivity index (χ1) is 15.6. The van der Waals surface area contributed by atoms with Crippen molar-refractivity contribution in [3.05, 3.63) is 54.1 Å². The van der Waals surface area contributed by atoms with Gasteiger partial charge in [0, 0.05) is 30.4 Å². The number of nitrogens with zero attached hydrogens (tertiary/aromatic N) is 2. The highest BCUT2D eigenvalue weighted by atomic mass is 16.5. The molecular weight excluding hydrogens is 402 g/mol. The van der Waals surface area contributed by atoms with E-state index in [0.29, 0.717) is 12.0 Å². The van der Waals surface area contributed by atoms with E-state index in [-0.39, 0.29) is 11.8 Å². The van der Waals surface area contributed by atoms with Gasteiger partial charge in [-0.3, -0.25) is 9.69 Å². The average molecular weight is 438 g/mol. The fraction of sp³-hybridized carbons (Fsp3) is 0.500. The first-order valence-corrected chi connectivity index (χ1v) is 11.6. The van der Waals surface area contributed by atoms with Crippen molar-refractivity contribution in [2.75, 3.05) is 46.2 Å². The summed E-state index contributed by atoms with van der Waals surface area (Å²) < 4.78 is 10.7. The second kappa shape index (κ2) is 10.4. The van der Waals surface area contributed by atoms with Crippen LogP contribution in [0.2, 0.25) is 0 Å². The summed E-state index contributed by atoms with van der Waals surface area (Å²) in [5.74, 6) is 2.57. The van der Waals surface area contributed by atoms with Gasteiger partial charge in [0.05, 0.1) is 20.1 Å². The van der Waals surface area contributed by atoms with Gasteiger partial charge in [0.1, 0.15) is 11.5 Å². The monoisotopic (exact) mass is 437 g/mol. The third kappa shape index (κ3) is 5.25. The topological polar surface area (TPSA) is 54.0 Å². The molecule has 4 rings (SSSR count). The lowest BCUT2D eigenvalue weighted by atomic mass is 9.86. The Morgan fingerprint density at radius 3 is 2.44 bits per heavy atom. The molecule has 0 radical (unpaired) electrons. The van der Waals surface area contributed by atoms with E-state index in [1.54, 1.807) is 14.2 Å². The molecule has 2 saturated heterocycles. The summed E-state index contributed by atoms with van der Waals surface area (Å²) in [5, 5.41) is 3.08. The van der Waals surface area contributed by atoms with Crippen molar-refractivity contribution in [2.45, 2.75) is 31.8 Å². The standard InChI is InChI=1S/C26H35N3O3/c1-28-17-21(26(30)27-22-8-10-23(31-2)11-9-22)16-24(28)19-12-14-29(15-13-19)18-20-6-4-5-7-25(20)32-3/h4-11,19,21,24H,12-18H2,1-3H3,(H,27,30)/t21-,24-/m1/s1. The molecule has 0 spiro atoms. The Morgan fingerprint density at radius 2 is 1.75 bits per heavy atom. The Balaban J connectivity index is 1.28. The number of likely N-dealkylation sites (tertiary alicyclic amines) is 2. The quantitative estimate of drug-likeness (QED) is 0.713. The zero-order valence-corrected chi connectivity index (χ0v) is 19.4. The van der Waals surface area contributed by atoms with Gasteiger partial charge in [0.2, 0.25) is 5.91 Å². The van der Waals surface area contributed by atoms with Crippen molar-refractivity contribution in [3.8, 4) is 11.5 Å². The first-order valence-electron chi connectivity index (χ1n) is 11.6. The molecule has 2 fully saturated rings. The Morgan fingerprint density at radius 1 is 1.03 bits per heavy atom. The van der Waals surface area contributed by atoms with Crippen LogP contribution in [0.15, 0.2) is 48.5 Å². The minimum atomic E-state index is 0.0405. The molecule has 2 aromatic carbocycles. The molecule has 2 heterocycles. The van der Waals surface area contributed by atoms with Crippen LogP contribution in [0.1, 0.15) is 24.8 Å². The number of hydrogen-bond donors (Lipinski definition) is 1. The van der Waals surface area contributed by atoms with Crippen LogP contribution >= 0.6 is 0 Å². The molecular formula is C26H35N3O3. The largest absolute Gasteiger partial charge is 0.497 e. The summed E-state index contributed by atoms with van der Waals surface area (Å²) in [6, 6.07) is 16.3. The zero-order valence-electron chi connectivity index (χ0n) is 19.4. The summed E-state index contributed by atoms with van der Waals surface area (Å²) in [4.78, 5) is 17.8. The van der Waals surface area contributed by atoms with E-state index < -0.39 is 0 Å². The second-order valence-electron chi connectivity index (χ2n) is 9.08. The predicted octanol–water partition coefficient (Wildman–Crippen LogP) is 3.87. The van der Waals surface area contributed by atoms with Crippen molar-refractivity contribution in [3.63, 3.8) is 0 Å². The maximum Gasteiger partial charge on any atom is 0.228 e. The maximum absolute atomic E-state index is 12.9. The van der Waals surface area contributed by atoms with Crippen LogP contribution in [0.25, 0.3) is 0 Å². The second-order valence-corrected chi connectivity index (χ2v) is 9.08. The minimum Gasteiger partial charge on any atom is -0.497 e. The highest BCUT2D eigenvalue weighted by Crippen LogP contribution is 2.34. The van der Waals surface area contributed by atoms with E-state index in [1.807, 2.05) is 36.4 Å².